The normalized spacial score (nSPS) is 15.4. The Balaban J connectivity index is 2.19. The van der Waals surface area contributed by atoms with Crippen LogP contribution in [0.4, 0.5) is 0 Å². The molecule has 0 bridgehead atoms. The second-order valence-electron chi connectivity index (χ2n) is 4.94. The molecule has 5 nitrogen and oxygen atoms in total. The predicted molar refractivity (Wildman–Crippen MR) is 80.5 cm³/mol. The number of ether oxygens (including phenoxy) is 3. The molecule has 1 unspecified atom stereocenters. The first kappa shape index (κ1) is 16.1. The van der Waals surface area contributed by atoms with Crippen LogP contribution in [0.5, 0.6) is 11.5 Å². The molecular formula is C15H19BrO5. The SMILES string of the molecule is CCOC(=O)C(O)c1cc(Br)c(OCC2CC2)c(OC)c1. The Morgan fingerprint density at radius 1 is 1.48 bits per heavy atom. The van der Waals surface area contributed by atoms with Gasteiger partial charge in [-0.15, -0.1) is 0 Å². The van der Waals surface area contributed by atoms with Crippen molar-refractivity contribution in [3.05, 3.63) is 22.2 Å². The lowest BCUT2D eigenvalue weighted by molar-refractivity contribution is -0.153. The Morgan fingerprint density at radius 2 is 2.19 bits per heavy atom. The van der Waals surface area contributed by atoms with Crippen LogP contribution >= 0.6 is 15.9 Å². The quantitative estimate of drug-likeness (QED) is 0.759. The van der Waals surface area contributed by atoms with Gasteiger partial charge in [0.2, 0.25) is 0 Å². The molecule has 116 valence electrons. The first-order valence-corrected chi connectivity index (χ1v) is 7.71. The average Bonchev–Trinajstić information content (AvgIpc) is 3.28. The maximum atomic E-state index is 11.6. The van der Waals surface area contributed by atoms with Gasteiger partial charge in [-0.1, -0.05) is 0 Å². The molecule has 0 saturated heterocycles. The van der Waals surface area contributed by atoms with E-state index in [1.54, 1.807) is 19.1 Å². The summed E-state index contributed by atoms with van der Waals surface area (Å²) in [5, 5.41) is 9.99. The van der Waals surface area contributed by atoms with Gasteiger partial charge in [0.05, 0.1) is 24.8 Å². The van der Waals surface area contributed by atoms with Crippen LogP contribution in [-0.2, 0) is 9.53 Å². The third-order valence-corrected chi connectivity index (χ3v) is 3.83. The molecule has 0 spiro atoms. The second-order valence-corrected chi connectivity index (χ2v) is 5.80. The summed E-state index contributed by atoms with van der Waals surface area (Å²) < 4.78 is 16.5. The second kappa shape index (κ2) is 7.13. The largest absolute Gasteiger partial charge is 0.493 e. The molecule has 1 saturated carbocycles. The highest BCUT2D eigenvalue weighted by molar-refractivity contribution is 9.10. The highest BCUT2D eigenvalue weighted by atomic mass is 79.9. The molecule has 0 aliphatic heterocycles. The van der Waals surface area contributed by atoms with Crippen LogP contribution in [0.15, 0.2) is 16.6 Å². The van der Waals surface area contributed by atoms with E-state index in [1.165, 1.54) is 20.0 Å². The van der Waals surface area contributed by atoms with E-state index in [2.05, 4.69) is 15.9 Å². The number of carbonyl (C=O) groups excluding carboxylic acids is 1. The fraction of sp³-hybridized carbons (Fsp3) is 0.533. The standard InChI is InChI=1S/C15H19BrO5/c1-3-20-15(18)13(17)10-6-11(16)14(12(7-10)19-2)21-8-9-4-5-9/h6-7,9,13,17H,3-5,8H2,1-2H3. The van der Waals surface area contributed by atoms with Gasteiger partial charge < -0.3 is 19.3 Å². The molecule has 21 heavy (non-hydrogen) atoms. The van der Waals surface area contributed by atoms with Crippen LogP contribution < -0.4 is 9.47 Å². The van der Waals surface area contributed by atoms with Gasteiger partial charge in [-0.05, 0) is 59.3 Å². The number of carbonyl (C=O) groups is 1. The molecular weight excluding hydrogens is 340 g/mol. The van der Waals surface area contributed by atoms with Gasteiger partial charge in [0.15, 0.2) is 17.6 Å². The Hall–Kier alpha value is -1.27. The zero-order chi connectivity index (χ0) is 15.4. The summed E-state index contributed by atoms with van der Waals surface area (Å²) in [6.07, 6.45) is 1.05. The number of hydrogen-bond donors (Lipinski definition) is 1. The number of aliphatic hydroxyl groups is 1. The van der Waals surface area contributed by atoms with E-state index in [4.69, 9.17) is 14.2 Å². The Labute approximate surface area is 132 Å². The topological polar surface area (TPSA) is 65.0 Å². The molecule has 1 aliphatic rings. The van der Waals surface area contributed by atoms with E-state index in [0.717, 1.165) is 0 Å². The summed E-state index contributed by atoms with van der Waals surface area (Å²) in [5.41, 5.74) is 0.399. The van der Waals surface area contributed by atoms with Crippen molar-refractivity contribution in [1.29, 1.82) is 0 Å². The van der Waals surface area contributed by atoms with Crippen molar-refractivity contribution < 1.29 is 24.1 Å². The molecule has 1 aromatic rings. The molecule has 1 atom stereocenters. The number of benzene rings is 1. The lowest BCUT2D eigenvalue weighted by Crippen LogP contribution is -2.15. The summed E-state index contributed by atoms with van der Waals surface area (Å²) in [6.45, 7) is 2.56. The zero-order valence-electron chi connectivity index (χ0n) is 12.1. The first-order valence-electron chi connectivity index (χ1n) is 6.91. The minimum atomic E-state index is -1.34. The van der Waals surface area contributed by atoms with E-state index in [1.807, 2.05) is 0 Å². The third kappa shape index (κ3) is 4.11. The van der Waals surface area contributed by atoms with Crippen LogP contribution in [0.25, 0.3) is 0 Å². The molecule has 0 amide bonds. The minimum absolute atomic E-state index is 0.219. The van der Waals surface area contributed by atoms with Crippen molar-refractivity contribution >= 4 is 21.9 Å². The van der Waals surface area contributed by atoms with Gasteiger partial charge in [-0.3, -0.25) is 0 Å². The van der Waals surface area contributed by atoms with E-state index in [9.17, 15) is 9.90 Å². The summed E-state index contributed by atoms with van der Waals surface area (Å²) in [4.78, 5) is 11.6. The first-order chi connectivity index (χ1) is 10.1. The van der Waals surface area contributed by atoms with Crippen LogP contribution in [0.2, 0.25) is 0 Å². The summed E-state index contributed by atoms with van der Waals surface area (Å²) >= 11 is 3.40. The van der Waals surface area contributed by atoms with Crippen molar-refractivity contribution in [3.63, 3.8) is 0 Å². The van der Waals surface area contributed by atoms with Crippen LogP contribution in [0, 0.1) is 5.92 Å². The van der Waals surface area contributed by atoms with Crippen LogP contribution in [0.1, 0.15) is 31.4 Å². The van der Waals surface area contributed by atoms with Gasteiger partial charge in [0.1, 0.15) is 0 Å². The number of aliphatic hydroxyl groups excluding tert-OH is 1. The Bertz CT molecular complexity index is 513. The smallest absolute Gasteiger partial charge is 0.339 e. The molecule has 1 aromatic carbocycles. The lowest BCUT2D eigenvalue weighted by atomic mass is 10.1. The molecule has 2 rings (SSSR count). The lowest BCUT2D eigenvalue weighted by Gasteiger charge is -2.16. The Kier molecular flexibility index (Phi) is 5.47. The number of esters is 1. The van der Waals surface area contributed by atoms with Gasteiger partial charge in [-0.25, -0.2) is 4.79 Å². The summed E-state index contributed by atoms with van der Waals surface area (Å²) in [7, 11) is 1.52. The van der Waals surface area contributed by atoms with Gasteiger partial charge in [0.25, 0.3) is 0 Å². The third-order valence-electron chi connectivity index (χ3n) is 3.24. The summed E-state index contributed by atoms with van der Waals surface area (Å²) in [5.74, 6) is 0.997. The monoisotopic (exact) mass is 358 g/mol. The van der Waals surface area contributed by atoms with Gasteiger partial charge >= 0.3 is 5.97 Å². The molecule has 6 heteroatoms. The van der Waals surface area contributed by atoms with E-state index in [-0.39, 0.29) is 6.61 Å². The van der Waals surface area contributed by atoms with E-state index in [0.29, 0.717) is 34.1 Å². The zero-order valence-corrected chi connectivity index (χ0v) is 13.7. The van der Waals surface area contributed by atoms with E-state index >= 15 is 0 Å². The highest BCUT2D eigenvalue weighted by Gasteiger charge is 2.25. The fourth-order valence-corrected chi connectivity index (χ4v) is 2.45. The van der Waals surface area contributed by atoms with Crippen molar-refractivity contribution in [3.8, 4) is 11.5 Å². The van der Waals surface area contributed by atoms with Crippen molar-refractivity contribution in [2.75, 3.05) is 20.3 Å². The maximum absolute atomic E-state index is 11.6. The summed E-state index contributed by atoms with van der Waals surface area (Å²) in [6, 6.07) is 3.24. The average molecular weight is 359 g/mol. The number of hydrogen-bond acceptors (Lipinski definition) is 5. The minimum Gasteiger partial charge on any atom is -0.493 e. The number of methoxy groups -OCH3 is 1. The van der Waals surface area contributed by atoms with Crippen molar-refractivity contribution in [2.45, 2.75) is 25.9 Å². The fourth-order valence-electron chi connectivity index (χ4n) is 1.88. The Morgan fingerprint density at radius 3 is 2.76 bits per heavy atom. The van der Waals surface area contributed by atoms with Crippen molar-refractivity contribution in [2.24, 2.45) is 5.92 Å². The molecule has 1 aliphatic carbocycles. The predicted octanol–water partition coefficient (Wildman–Crippen LogP) is 2.84. The molecule has 0 aromatic heterocycles. The molecule has 0 radical (unpaired) electrons. The van der Waals surface area contributed by atoms with Crippen LogP contribution in [0.3, 0.4) is 0 Å². The number of rotatable bonds is 7. The highest BCUT2D eigenvalue weighted by Crippen LogP contribution is 2.40. The maximum Gasteiger partial charge on any atom is 0.339 e. The molecule has 1 N–H and O–H groups in total. The number of halogens is 1. The molecule has 0 heterocycles. The van der Waals surface area contributed by atoms with E-state index < -0.39 is 12.1 Å². The van der Waals surface area contributed by atoms with Crippen LogP contribution in [-0.4, -0.2) is 31.4 Å². The van der Waals surface area contributed by atoms with Gasteiger partial charge in [0, 0.05) is 0 Å². The molecule has 1 fully saturated rings. The van der Waals surface area contributed by atoms with Crippen molar-refractivity contribution in [1.82, 2.24) is 0 Å². The van der Waals surface area contributed by atoms with Gasteiger partial charge in [-0.2, -0.15) is 0 Å².